The van der Waals surface area contributed by atoms with Gasteiger partial charge < -0.3 is 9.67 Å². The van der Waals surface area contributed by atoms with E-state index in [9.17, 15) is 5.11 Å². The highest BCUT2D eigenvalue weighted by molar-refractivity contribution is 5.83. The van der Waals surface area contributed by atoms with Crippen LogP contribution in [0, 0.1) is 5.92 Å². The Morgan fingerprint density at radius 2 is 2.06 bits per heavy atom. The number of benzene rings is 1. The van der Waals surface area contributed by atoms with Crippen molar-refractivity contribution in [1.82, 2.24) is 4.57 Å². The maximum absolute atomic E-state index is 9.99. The summed E-state index contributed by atoms with van der Waals surface area (Å²) in [4.78, 5) is 0. The average Bonchev–Trinajstić information content (AvgIpc) is 2.98. The van der Waals surface area contributed by atoms with Crippen molar-refractivity contribution in [1.29, 1.82) is 0 Å². The Kier molecular flexibility index (Phi) is 2.70. The minimum atomic E-state index is -0.646. The molecule has 0 aliphatic heterocycles. The predicted octanol–water partition coefficient (Wildman–Crippen LogP) is 3.36. The lowest BCUT2D eigenvalue weighted by Gasteiger charge is -2.17. The molecule has 0 saturated heterocycles. The Labute approximate surface area is 108 Å². The van der Waals surface area contributed by atoms with E-state index in [1.165, 1.54) is 29.3 Å². The molecular weight excluding hydrogens is 222 g/mol. The van der Waals surface area contributed by atoms with Crippen LogP contribution in [-0.2, 0) is 13.0 Å². The van der Waals surface area contributed by atoms with Crippen LogP contribution in [0.1, 0.15) is 32.3 Å². The first kappa shape index (κ1) is 11.8. The Morgan fingerprint density at radius 1 is 1.28 bits per heavy atom. The van der Waals surface area contributed by atoms with E-state index in [4.69, 9.17) is 0 Å². The molecule has 0 unspecified atom stereocenters. The number of nitrogens with zero attached hydrogens (tertiary/aromatic N) is 1. The van der Waals surface area contributed by atoms with Gasteiger partial charge in [0.05, 0.1) is 5.60 Å². The Balaban J connectivity index is 1.97. The van der Waals surface area contributed by atoms with Crippen molar-refractivity contribution >= 4 is 10.9 Å². The molecule has 2 aromatic rings. The van der Waals surface area contributed by atoms with Gasteiger partial charge in [0.2, 0.25) is 0 Å². The quantitative estimate of drug-likeness (QED) is 0.875. The van der Waals surface area contributed by atoms with Crippen LogP contribution in [0.5, 0.6) is 0 Å². The Hall–Kier alpha value is -1.28. The number of aliphatic hydroxyl groups is 1. The number of fused-ring (bicyclic) bond motifs is 1. The summed E-state index contributed by atoms with van der Waals surface area (Å²) in [5.41, 5.74) is 1.91. The van der Waals surface area contributed by atoms with Crippen LogP contribution >= 0.6 is 0 Å². The van der Waals surface area contributed by atoms with Crippen molar-refractivity contribution in [2.75, 3.05) is 0 Å². The highest BCUT2D eigenvalue weighted by atomic mass is 16.3. The Bertz CT molecular complexity index is 558. The molecule has 0 bridgehead atoms. The van der Waals surface area contributed by atoms with Gasteiger partial charge in [-0.2, -0.15) is 0 Å². The van der Waals surface area contributed by atoms with Crippen LogP contribution in [0.3, 0.4) is 0 Å². The van der Waals surface area contributed by atoms with Crippen LogP contribution in [0.4, 0.5) is 0 Å². The van der Waals surface area contributed by atoms with Gasteiger partial charge in [0.15, 0.2) is 0 Å². The molecule has 1 heterocycles. The van der Waals surface area contributed by atoms with Gasteiger partial charge in [0, 0.05) is 30.1 Å². The van der Waals surface area contributed by atoms with Gasteiger partial charge in [-0.3, -0.25) is 0 Å². The molecule has 0 spiro atoms. The van der Waals surface area contributed by atoms with E-state index >= 15 is 0 Å². The summed E-state index contributed by atoms with van der Waals surface area (Å²) in [7, 11) is 0. The lowest BCUT2D eigenvalue weighted by Crippen LogP contribution is -2.21. The summed E-state index contributed by atoms with van der Waals surface area (Å²) in [6.07, 6.45) is 5.65. The van der Waals surface area contributed by atoms with Gasteiger partial charge in [0.1, 0.15) is 0 Å². The standard InChI is InChI=1S/C16H21NO/c1-16(2,18)10-13-4-3-5-15-14(13)8-9-17(15)11-12-6-7-12/h3-5,8-9,12,18H,6-7,10-11H2,1-2H3. The lowest BCUT2D eigenvalue weighted by atomic mass is 9.96. The molecule has 2 nitrogen and oxygen atoms in total. The molecule has 0 atom stereocenters. The fraction of sp³-hybridized carbons (Fsp3) is 0.500. The van der Waals surface area contributed by atoms with E-state index < -0.39 is 5.60 Å². The van der Waals surface area contributed by atoms with E-state index in [1.54, 1.807) is 0 Å². The smallest absolute Gasteiger partial charge is 0.0632 e. The fourth-order valence-corrected chi connectivity index (χ4v) is 2.65. The third-order valence-electron chi connectivity index (χ3n) is 3.68. The minimum Gasteiger partial charge on any atom is -0.390 e. The first-order chi connectivity index (χ1) is 8.53. The monoisotopic (exact) mass is 243 g/mol. The molecule has 1 aliphatic rings. The molecule has 0 radical (unpaired) electrons. The van der Waals surface area contributed by atoms with Crippen molar-refractivity contribution in [3.8, 4) is 0 Å². The van der Waals surface area contributed by atoms with Gasteiger partial charge in [0.25, 0.3) is 0 Å². The molecule has 1 N–H and O–H groups in total. The van der Waals surface area contributed by atoms with Crippen LogP contribution in [0.2, 0.25) is 0 Å². The van der Waals surface area contributed by atoms with Crippen molar-refractivity contribution in [2.24, 2.45) is 5.92 Å². The van der Waals surface area contributed by atoms with Crippen LogP contribution < -0.4 is 0 Å². The molecule has 1 saturated carbocycles. The number of hydrogen-bond acceptors (Lipinski definition) is 1. The first-order valence-corrected chi connectivity index (χ1v) is 6.82. The van der Waals surface area contributed by atoms with E-state index in [1.807, 2.05) is 13.8 Å². The zero-order valence-corrected chi connectivity index (χ0v) is 11.2. The second-order valence-electron chi connectivity index (χ2n) is 6.25. The summed E-state index contributed by atoms with van der Waals surface area (Å²) in [6, 6.07) is 8.61. The predicted molar refractivity (Wildman–Crippen MR) is 74.7 cm³/mol. The minimum absolute atomic E-state index is 0.646. The summed E-state index contributed by atoms with van der Waals surface area (Å²) < 4.78 is 2.36. The molecular formula is C16H21NO. The number of hydrogen-bond donors (Lipinski definition) is 1. The van der Waals surface area contributed by atoms with Crippen molar-refractivity contribution in [2.45, 2.75) is 45.3 Å². The summed E-state index contributed by atoms with van der Waals surface area (Å²) >= 11 is 0. The first-order valence-electron chi connectivity index (χ1n) is 6.82. The highest BCUT2D eigenvalue weighted by Crippen LogP contribution is 2.32. The average molecular weight is 243 g/mol. The van der Waals surface area contributed by atoms with Gasteiger partial charge >= 0.3 is 0 Å². The largest absolute Gasteiger partial charge is 0.390 e. The van der Waals surface area contributed by atoms with E-state index in [0.29, 0.717) is 6.42 Å². The van der Waals surface area contributed by atoms with E-state index in [2.05, 4.69) is 35.0 Å². The second kappa shape index (κ2) is 4.13. The lowest BCUT2D eigenvalue weighted by molar-refractivity contribution is 0.0813. The van der Waals surface area contributed by atoms with Gasteiger partial charge in [-0.15, -0.1) is 0 Å². The van der Waals surface area contributed by atoms with Gasteiger partial charge in [-0.25, -0.2) is 0 Å². The fourth-order valence-electron chi connectivity index (χ4n) is 2.65. The maximum atomic E-state index is 9.99. The molecule has 2 heteroatoms. The molecule has 1 fully saturated rings. The SMILES string of the molecule is CC(C)(O)Cc1cccc2c1ccn2CC1CC1. The maximum Gasteiger partial charge on any atom is 0.0632 e. The summed E-state index contributed by atoms with van der Waals surface area (Å²) in [6.45, 7) is 4.88. The Morgan fingerprint density at radius 3 is 2.72 bits per heavy atom. The molecule has 0 amide bonds. The molecule has 1 aliphatic carbocycles. The van der Waals surface area contributed by atoms with Crippen molar-refractivity contribution in [3.63, 3.8) is 0 Å². The second-order valence-corrected chi connectivity index (χ2v) is 6.25. The molecule has 1 aromatic carbocycles. The van der Waals surface area contributed by atoms with Crippen LogP contribution in [0.25, 0.3) is 10.9 Å². The number of aromatic nitrogens is 1. The zero-order chi connectivity index (χ0) is 12.8. The van der Waals surface area contributed by atoms with E-state index in [-0.39, 0.29) is 0 Å². The van der Waals surface area contributed by atoms with E-state index in [0.717, 1.165) is 12.5 Å². The van der Waals surface area contributed by atoms with Crippen molar-refractivity contribution < 1.29 is 5.11 Å². The molecule has 96 valence electrons. The third kappa shape index (κ3) is 2.44. The topological polar surface area (TPSA) is 25.2 Å². The van der Waals surface area contributed by atoms with Crippen LogP contribution in [0.15, 0.2) is 30.5 Å². The van der Waals surface area contributed by atoms with Gasteiger partial charge in [-0.1, -0.05) is 12.1 Å². The molecule has 18 heavy (non-hydrogen) atoms. The molecule has 1 aromatic heterocycles. The van der Waals surface area contributed by atoms with Crippen LogP contribution in [-0.4, -0.2) is 15.3 Å². The summed E-state index contributed by atoms with van der Waals surface area (Å²) in [5, 5.41) is 11.3. The summed E-state index contributed by atoms with van der Waals surface area (Å²) in [5.74, 6) is 0.888. The zero-order valence-electron chi connectivity index (χ0n) is 11.2. The van der Waals surface area contributed by atoms with Gasteiger partial charge in [-0.05, 0) is 50.3 Å². The number of rotatable bonds is 4. The third-order valence-corrected chi connectivity index (χ3v) is 3.68. The van der Waals surface area contributed by atoms with Crippen molar-refractivity contribution in [3.05, 3.63) is 36.0 Å². The normalized spacial score (nSPS) is 16.4. The molecule has 3 rings (SSSR count). The highest BCUT2D eigenvalue weighted by Gasteiger charge is 2.22.